The molecule has 0 unspecified atom stereocenters. The van der Waals surface area contributed by atoms with Gasteiger partial charge in [0.05, 0.1) is 25.4 Å². The van der Waals surface area contributed by atoms with E-state index in [0.717, 1.165) is 16.3 Å². The minimum absolute atomic E-state index is 0.0382. The van der Waals surface area contributed by atoms with Crippen molar-refractivity contribution in [3.63, 3.8) is 0 Å². The van der Waals surface area contributed by atoms with Crippen molar-refractivity contribution < 1.29 is 9.84 Å². The zero-order valence-electron chi connectivity index (χ0n) is 8.53. The maximum atomic E-state index is 9.55. The largest absolute Gasteiger partial charge is 0.388 e. The summed E-state index contributed by atoms with van der Waals surface area (Å²) in [6, 6.07) is 5.73. The number of halogens is 1. The number of hydrogen-bond donors (Lipinski definition) is 2. The first-order valence-corrected chi connectivity index (χ1v) is 5.33. The molecule has 1 fully saturated rings. The van der Waals surface area contributed by atoms with E-state index < -0.39 is 6.10 Å². The fraction of sp³-hybridized carbons (Fsp3) is 0.455. The summed E-state index contributed by atoms with van der Waals surface area (Å²) in [5.74, 6) is 0. The SMILES string of the molecule is Cc1ccc(N[C@@H]2COC[C@H]2O)cc1Cl. The van der Waals surface area contributed by atoms with Gasteiger partial charge in [-0.25, -0.2) is 0 Å². The van der Waals surface area contributed by atoms with E-state index in [4.69, 9.17) is 16.3 Å². The lowest BCUT2D eigenvalue weighted by atomic mass is 10.2. The van der Waals surface area contributed by atoms with Gasteiger partial charge in [0.2, 0.25) is 0 Å². The van der Waals surface area contributed by atoms with Gasteiger partial charge in [-0.15, -0.1) is 0 Å². The first kappa shape index (κ1) is 10.7. The van der Waals surface area contributed by atoms with Crippen LogP contribution >= 0.6 is 11.6 Å². The van der Waals surface area contributed by atoms with Crippen LogP contribution in [0.2, 0.25) is 5.02 Å². The Bertz CT molecular complexity index is 356. The van der Waals surface area contributed by atoms with E-state index in [9.17, 15) is 5.11 Å². The van der Waals surface area contributed by atoms with Crippen molar-refractivity contribution in [3.8, 4) is 0 Å². The van der Waals surface area contributed by atoms with Gasteiger partial charge in [0.25, 0.3) is 0 Å². The molecule has 0 aliphatic carbocycles. The molecule has 15 heavy (non-hydrogen) atoms. The van der Waals surface area contributed by atoms with Crippen LogP contribution in [-0.2, 0) is 4.74 Å². The van der Waals surface area contributed by atoms with Crippen molar-refractivity contribution in [2.45, 2.75) is 19.1 Å². The van der Waals surface area contributed by atoms with E-state index in [1.807, 2.05) is 25.1 Å². The van der Waals surface area contributed by atoms with Gasteiger partial charge in [-0.2, -0.15) is 0 Å². The summed E-state index contributed by atoms with van der Waals surface area (Å²) in [5.41, 5.74) is 1.96. The summed E-state index contributed by atoms with van der Waals surface area (Å²) in [6.07, 6.45) is -0.440. The van der Waals surface area contributed by atoms with Crippen molar-refractivity contribution in [1.82, 2.24) is 0 Å². The summed E-state index contributed by atoms with van der Waals surface area (Å²) < 4.78 is 5.15. The summed E-state index contributed by atoms with van der Waals surface area (Å²) in [5, 5.41) is 13.5. The van der Waals surface area contributed by atoms with Crippen LogP contribution in [-0.4, -0.2) is 30.5 Å². The monoisotopic (exact) mass is 227 g/mol. The summed E-state index contributed by atoms with van der Waals surface area (Å²) in [7, 11) is 0. The second kappa shape index (κ2) is 4.39. The molecule has 1 aliphatic heterocycles. The van der Waals surface area contributed by atoms with E-state index in [1.165, 1.54) is 0 Å². The lowest BCUT2D eigenvalue weighted by Crippen LogP contribution is -2.31. The molecule has 2 rings (SSSR count). The molecule has 0 aromatic heterocycles. The molecule has 4 heteroatoms. The molecule has 82 valence electrons. The number of hydrogen-bond acceptors (Lipinski definition) is 3. The molecular formula is C11H14ClNO2. The Kier molecular flexibility index (Phi) is 3.14. The Morgan fingerprint density at radius 1 is 1.47 bits per heavy atom. The van der Waals surface area contributed by atoms with E-state index in [2.05, 4.69) is 5.32 Å². The van der Waals surface area contributed by atoms with E-state index in [-0.39, 0.29) is 6.04 Å². The Balaban J connectivity index is 2.07. The average Bonchev–Trinajstić information content (AvgIpc) is 2.59. The summed E-state index contributed by atoms with van der Waals surface area (Å²) in [6.45, 7) is 2.89. The van der Waals surface area contributed by atoms with Crippen molar-refractivity contribution >= 4 is 17.3 Å². The van der Waals surface area contributed by atoms with Crippen molar-refractivity contribution in [2.24, 2.45) is 0 Å². The van der Waals surface area contributed by atoms with Gasteiger partial charge in [-0.1, -0.05) is 17.7 Å². The molecule has 2 N–H and O–H groups in total. The van der Waals surface area contributed by atoms with Crippen LogP contribution in [0, 0.1) is 6.92 Å². The number of nitrogens with one attached hydrogen (secondary N) is 1. The van der Waals surface area contributed by atoms with Crippen LogP contribution in [0.1, 0.15) is 5.56 Å². The zero-order chi connectivity index (χ0) is 10.8. The van der Waals surface area contributed by atoms with Gasteiger partial charge in [0.15, 0.2) is 0 Å². The summed E-state index contributed by atoms with van der Waals surface area (Å²) >= 11 is 6.00. The molecule has 0 radical (unpaired) electrons. The first-order valence-electron chi connectivity index (χ1n) is 4.95. The number of ether oxygens (including phenoxy) is 1. The lowest BCUT2D eigenvalue weighted by molar-refractivity contribution is 0.125. The quantitative estimate of drug-likeness (QED) is 0.810. The Morgan fingerprint density at radius 3 is 2.87 bits per heavy atom. The molecular weight excluding hydrogens is 214 g/mol. The second-order valence-electron chi connectivity index (χ2n) is 3.82. The Labute approximate surface area is 94.0 Å². The highest BCUT2D eigenvalue weighted by Gasteiger charge is 2.25. The normalized spacial score (nSPS) is 25.5. The van der Waals surface area contributed by atoms with Crippen LogP contribution in [0.3, 0.4) is 0 Å². The van der Waals surface area contributed by atoms with Crippen molar-refractivity contribution in [2.75, 3.05) is 18.5 Å². The minimum atomic E-state index is -0.440. The van der Waals surface area contributed by atoms with E-state index >= 15 is 0 Å². The molecule has 1 aromatic rings. The molecule has 0 saturated carbocycles. The molecule has 1 heterocycles. The fourth-order valence-corrected chi connectivity index (χ4v) is 1.76. The van der Waals surface area contributed by atoms with Gasteiger partial charge in [0, 0.05) is 10.7 Å². The fourth-order valence-electron chi connectivity index (χ4n) is 1.58. The van der Waals surface area contributed by atoms with Gasteiger partial charge in [-0.3, -0.25) is 0 Å². The smallest absolute Gasteiger partial charge is 0.0996 e. The van der Waals surface area contributed by atoms with Crippen LogP contribution in [0.4, 0.5) is 5.69 Å². The van der Waals surface area contributed by atoms with Crippen molar-refractivity contribution in [3.05, 3.63) is 28.8 Å². The minimum Gasteiger partial charge on any atom is -0.388 e. The Hall–Kier alpha value is -0.770. The average molecular weight is 228 g/mol. The molecule has 1 aliphatic rings. The third kappa shape index (κ3) is 2.43. The second-order valence-corrected chi connectivity index (χ2v) is 4.23. The predicted octanol–water partition coefficient (Wildman–Crippen LogP) is 1.82. The van der Waals surface area contributed by atoms with Gasteiger partial charge in [0.1, 0.15) is 0 Å². The lowest BCUT2D eigenvalue weighted by Gasteiger charge is -2.16. The van der Waals surface area contributed by atoms with Gasteiger partial charge < -0.3 is 15.2 Å². The zero-order valence-corrected chi connectivity index (χ0v) is 9.29. The van der Waals surface area contributed by atoms with E-state index in [0.29, 0.717) is 13.2 Å². The number of aliphatic hydroxyl groups excluding tert-OH is 1. The maximum absolute atomic E-state index is 9.55. The number of aryl methyl sites for hydroxylation is 1. The maximum Gasteiger partial charge on any atom is 0.0996 e. The molecule has 3 nitrogen and oxygen atoms in total. The topological polar surface area (TPSA) is 41.5 Å². The number of anilines is 1. The molecule has 2 atom stereocenters. The molecule has 1 saturated heterocycles. The first-order chi connectivity index (χ1) is 7.16. The molecule has 0 bridgehead atoms. The van der Waals surface area contributed by atoms with Crippen LogP contribution in [0.25, 0.3) is 0 Å². The highest BCUT2D eigenvalue weighted by Crippen LogP contribution is 2.21. The predicted molar refractivity (Wildman–Crippen MR) is 60.4 cm³/mol. The van der Waals surface area contributed by atoms with Crippen LogP contribution in [0.15, 0.2) is 18.2 Å². The van der Waals surface area contributed by atoms with Gasteiger partial charge in [-0.05, 0) is 24.6 Å². The standard InChI is InChI=1S/C11H14ClNO2/c1-7-2-3-8(4-9(7)12)13-10-5-15-6-11(10)14/h2-4,10-11,13-14H,5-6H2,1H3/t10-,11-/m1/s1. The molecule has 0 spiro atoms. The third-order valence-corrected chi connectivity index (χ3v) is 2.98. The highest BCUT2D eigenvalue weighted by molar-refractivity contribution is 6.31. The summed E-state index contributed by atoms with van der Waals surface area (Å²) in [4.78, 5) is 0. The molecule has 0 amide bonds. The van der Waals surface area contributed by atoms with Crippen molar-refractivity contribution in [1.29, 1.82) is 0 Å². The van der Waals surface area contributed by atoms with Gasteiger partial charge >= 0.3 is 0 Å². The highest BCUT2D eigenvalue weighted by atomic mass is 35.5. The number of benzene rings is 1. The Morgan fingerprint density at radius 2 is 2.27 bits per heavy atom. The number of rotatable bonds is 2. The van der Waals surface area contributed by atoms with E-state index in [1.54, 1.807) is 0 Å². The third-order valence-electron chi connectivity index (χ3n) is 2.57. The number of aliphatic hydroxyl groups is 1. The van der Waals surface area contributed by atoms with Crippen LogP contribution < -0.4 is 5.32 Å². The molecule has 1 aromatic carbocycles. The van der Waals surface area contributed by atoms with Crippen LogP contribution in [0.5, 0.6) is 0 Å².